The van der Waals surface area contributed by atoms with Gasteiger partial charge in [-0.3, -0.25) is 5.10 Å². The molecule has 2 aromatic heterocycles. The maximum absolute atomic E-state index is 5.45. The summed E-state index contributed by atoms with van der Waals surface area (Å²) in [5.41, 5.74) is 4.91. The van der Waals surface area contributed by atoms with E-state index in [1.165, 1.54) is 11.4 Å². The fourth-order valence-electron chi connectivity index (χ4n) is 4.41. The number of aromatic nitrogens is 4. The molecule has 4 aromatic rings. The number of aromatic amines is 1. The molecule has 0 radical (unpaired) electrons. The van der Waals surface area contributed by atoms with E-state index < -0.39 is 0 Å². The van der Waals surface area contributed by atoms with Crippen LogP contribution in [0, 0.1) is 0 Å². The number of ether oxygens (including phenoxy) is 2. The highest BCUT2D eigenvalue weighted by Gasteiger charge is 2.14. The van der Waals surface area contributed by atoms with Crippen LogP contribution in [-0.2, 0) is 9.47 Å². The molecule has 0 atom stereocenters. The van der Waals surface area contributed by atoms with E-state index in [0.717, 1.165) is 69.4 Å². The van der Waals surface area contributed by atoms with Crippen molar-refractivity contribution >= 4 is 45.5 Å². The second kappa shape index (κ2) is 9.77. The van der Waals surface area contributed by atoms with Crippen LogP contribution in [0.25, 0.3) is 11.0 Å². The van der Waals surface area contributed by atoms with Gasteiger partial charge in [0.25, 0.3) is 0 Å². The summed E-state index contributed by atoms with van der Waals surface area (Å²) >= 11 is 0. The molecule has 0 amide bonds. The first-order valence-corrected chi connectivity index (χ1v) is 11.9. The molecule has 2 fully saturated rings. The number of nitrogens with zero attached hydrogens (tertiary/aromatic N) is 5. The average Bonchev–Trinajstić information content (AvgIpc) is 3.40. The average molecular weight is 473 g/mol. The molecule has 0 spiro atoms. The third-order valence-electron chi connectivity index (χ3n) is 6.32. The fraction of sp³-hybridized carbons (Fsp3) is 0.320. The van der Waals surface area contributed by atoms with Crippen molar-refractivity contribution in [3.63, 3.8) is 0 Å². The van der Waals surface area contributed by atoms with Gasteiger partial charge in [0.2, 0.25) is 5.95 Å². The number of hydrogen-bond donors (Lipinski definition) is 3. The highest BCUT2D eigenvalue weighted by Crippen LogP contribution is 2.27. The van der Waals surface area contributed by atoms with Crippen molar-refractivity contribution in [2.24, 2.45) is 0 Å². The van der Waals surface area contributed by atoms with Gasteiger partial charge in [-0.2, -0.15) is 15.1 Å². The van der Waals surface area contributed by atoms with Crippen LogP contribution in [-0.4, -0.2) is 72.8 Å². The summed E-state index contributed by atoms with van der Waals surface area (Å²) in [5.74, 6) is 1.18. The quantitative estimate of drug-likeness (QED) is 0.389. The number of nitrogens with one attached hydrogen (secondary N) is 3. The molecule has 2 aliphatic rings. The molecule has 4 heterocycles. The van der Waals surface area contributed by atoms with Crippen molar-refractivity contribution in [2.45, 2.75) is 0 Å². The number of morpholine rings is 2. The molecule has 3 N–H and O–H groups in total. The maximum Gasteiger partial charge on any atom is 0.231 e. The van der Waals surface area contributed by atoms with Gasteiger partial charge in [0.05, 0.1) is 38.0 Å². The zero-order valence-corrected chi connectivity index (χ0v) is 19.4. The molecule has 6 rings (SSSR count). The summed E-state index contributed by atoms with van der Waals surface area (Å²) in [6.07, 6.45) is 1.74. The Morgan fingerprint density at radius 2 is 1.23 bits per heavy atom. The van der Waals surface area contributed by atoms with E-state index in [0.29, 0.717) is 17.4 Å². The van der Waals surface area contributed by atoms with E-state index in [1.807, 2.05) is 12.1 Å². The Bertz CT molecular complexity index is 1260. The minimum Gasteiger partial charge on any atom is -0.378 e. The highest BCUT2D eigenvalue weighted by atomic mass is 16.5. The lowest BCUT2D eigenvalue weighted by Crippen LogP contribution is -2.36. The van der Waals surface area contributed by atoms with Crippen molar-refractivity contribution in [3.8, 4) is 0 Å². The van der Waals surface area contributed by atoms with Crippen molar-refractivity contribution in [3.05, 3.63) is 54.7 Å². The van der Waals surface area contributed by atoms with Gasteiger partial charge in [0.15, 0.2) is 5.65 Å². The normalized spacial score (nSPS) is 16.5. The molecule has 2 saturated heterocycles. The van der Waals surface area contributed by atoms with E-state index >= 15 is 0 Å². The zero-order valence-electron chi connectivity index (χ0n) is 19.4. The number of hydrogen-bond acceptors (Lipinski definition) is 9. The van der Waals surface area contributed by atoms with Gasteiger partial charge in [-0.05, 0) is 48.5 Å². The number of anilines is 6. The Hall–Kier alpha value is -3.89. The van der Waals surface area contributed by atoms with E-state index in [4.69, 9.17) is 14.5 Å². The predicted octanol–water partition coefficient (Wildman–Crippen LogP) is 3.51. The first kappa shape index (κ1) is 21.6. The predicted molar refractivity (Wildman–Crippen MR) is 137 cm³/mol. The summed E-state index contributed by atoms with van der Waals surface area (Å²) in [4.78, 5) is 14.0. The first-order valence-electron chi connectivity index (χ1n) is 11.9. The van der Waals surface area contributed by atoms with Gasteiger partial charge in [-0.25, -0.2) is 0 Å². The molecular formula is C25H28N8O2. The molecular weight excluding hydrogens is 444 g/mol. The number of fused-ring (bicyclic) bond motifs is 1. The number of rotatable bonds is 6. The molecule has 0 bridgehead atoms. The molecule has 0 aliphatic carbocycles. The topological polar surface area (TPSA) is 103 Å². The van der Waals surface area contributed by atoms with Crippen LogP contribution in [0.4, 0.5) is 34.5 Å². The molecule has 10 heteroatoms. The Balaban J connectivity index is 1.19. The van der Waals surface area contributed by atoms with Crippen molar-refractivity contribution < 1.29 is 9.47 Å². The molecule has 10 nitrogen and oxygen atoms in total. The summed E-state index contributed by atoms with van der Waals surface area (Å²) in [6.45, 7) is 6.72. The lowest BCUT2D eigenvalue weighted by Gasteiger charge is -2.29. The summed E-state index contributed by atoms with van der Waals surface area (Å²) in [6, 6.07) is 16.7. The maximum atomic E-state index is 5.45. The SMILES string of the molecule is c1cc(N2CCOCC2)ccc1Nc1nc(Nc2ccc(N3CCOCC3)cc2)c2cn[nH]c2n1. The molecule has 2 aliphatic heterocycles. The van der Waals surface area contributed by atoms with Crippen molar-refractivity contribution in [1.29, 1.82) is 0 Å². The first-order chi connectivity index (χ1) is 17.3. The van der Waals surface area contributed by atoms with Crippen LogP contribution in [0.15, 0.2) is 54.7 Å². The summed E-state index contributed by atoms with van der Waals surface area (Å²) in [7, 11) is 0. The second-order valence-electron chi connectivity index (χ2n) is 8.57. The summed E-state index contributed by atoms with van der Waals surface area (Å²) in [5, 5.41) is 14.7. The van der Waals surface area contributed by atoms with Crippen molar-refractivity contribution in [1.82, 2.24) is 20.2 Å². The van der Waals surface area contributed by atoms with Gasteiger partial charge in [-0.1, -0.05) is 0 Å². The third-order valence-corrected chi connectivity index (χ3v) is 6.32. The molecule has 0 saturated carbocycles. The molecule has 35 heavy (non-hydrogen) atoms. The Morgan fingerprint density at radius 3 is 1.80 bits per heavy atom. The van der Waals surface area contributed by atoms with Crippen LogP contribution in [0.3, 0.4) is 0 Å². The van der Waals surface area contributed by atoms with Crippen LogP contribution in [0.2, 0.25) is 0 Å². The zero-order chi connectivity index (χ0) is 23.5. The highest BCUT2D eigenvalue weighted by molar-refractivity contribution is 5.89. The van der Waals surface area contributed by atoms with Crippen molar-refractivity contribution in [2.75, 3.05) is 73.0 Å². The van der Waals surface area contributed by atoms with Gasteiger partial charge in [0, 0.05) is 48.9 Å². The van der Waals surface area contributed by atoms with Crippen LogP contribution in [0.5, 0.6) is 0 Å². The standard InChI is InChI=1S/C25H28N8O2/c1-5-20(32-9-13-34-14-10-32)6-2-18(1)27-23-22-17-26-31-24(22)30-25(29-23)28-19-3-7-21(8-4-19)33-11-15-35-16-12-33/h1-8,17H,9-16H2,(H3,26,27,28,29,30,31). The van der Waals surface area contributed by atoms with Crippen LogP contribution >= 0.6 is 0 Å². The lowest BCUT2D eigenvalue weighted by atomic mass is 10.2. The minimum atomic E-state index is 0.494. The monoisotopic (exact) mass is 472 g/mol. The second-order valence-corrected chi connectivity index (χ2v) is 8.57. The minimum absolute atomic E-state index is 0.494. The molecule has 2 aromatic carbocycles. The Kier molecular flexibility index (Phi) is 6.04. The summed E-state index contributed by atoms with van der Waals surface area (Å²) < 4.78 is 10.9. The largest absolute Gasteiger partial charge is 0.378 e. The van der Waals surface area contributed by atoms with Crippen LogP contribution in [0.1, 0.15) is 0 Å². The smallest absolute Gasteiger partial charge is 0.231 e. The molecule has 0 unspecified atom stereocenters. The Morgan fingerprint density at radius 1 is 0.686 bits per heavy atom. The lowest BCUT2D eigenvalue weighted by molar-refractivity contribution is 0.122. The van der Waals surface area contributed by atoms with Gasteiger partial charge >= 0.3 is 0 Å². The van der Waals surface area contributed by atoms with E-state index in [9.17, 15) is 0 Å². The van der Waals surface area contributed by atoms with E-state index in [2.05, 4.69) is 72.0 Å². The van der Waals surface area contributed by atoms with Gasteiger partial charge in [-0.15, -0.1) is 0 Å². The molecule has 180 valence electrons. The van der Waals surface area contributed by atoms with Crippen LogP contribution < -0.4 is 20.4 Å². The van der Waals surface area contributed by atoms with E-state index in [1.54, 1.807) is 6.20 Å². The Labute approximate surface area is 203 Å². The number of benzene rings is 2. The van der Waals surface area contributed by atoms with Gasteiger partial charge < -0.3 is 29.9 Å². The third kappa shape index (κ3) is 4.84. The fourth-order valence-corrected chi connectivity index (χ4v) is 4.41. The number of H-pyrrole nitrogens is 1. The van der Waals surface area contributed by atoms with E-state index in [-0.39, 0.29) is 0 Å². The van der Waals surface area contributed by atoms with Gasteiger partial charge in [0.1, 0.15) is 5.82 Å².